The van der Waals surface area contributed by atoms with Gasteiger partial charge in [-0.15, -0.1) is 11.3 Å². The molecule has 4 nitrogen and oxygen atoms in total. The average molecular weight is 287 g/mol. The molecule has 18 heavy (non-hydrogen) atoms. The Morgan fingerprint density at radius 3 is 2.67 bits per heavy atom. The summed E-state index contributed by atoms with van der Waals surface area (Å²) in [6.07, 6.45) is 0. The van der Waals surface area contributed by atoms with E-state index in [4.69, 9.17) is 5.11 Å². The van der Waals surface area contributed by atoms with Crippen molar-refractivity contribution in [2.45, 2.75) is 32.1 Å². The Bertz CT molecular complexity index is 556. The van der Waals surface area contributed by atoms with Gasteiger partial charge in [-0.1, -0.05) is 11.8 Å². The standard InChI is InChI=1S/C12H17NO3S2/c1-12(2,3)18(15,16)13-8-11-7-10(9-17-11)5-4-6-14/h7,9,13-14H,6,8H2,1-3H3. The van der Waals surface area contributed by atoms with Crippen LogP contribution in [0.1, 0.15) is 31.2 Å². The quantitative estimate of drug-likeness (QED) is 0.824. The van der Waals surface area contributed by atoms with Crippen molar-refractivity contribution < 1.29 is 13.5 Å². The van der Waals surface area contributed by atoms with Crippen LogP contribution < -0.4 is 4.72 Å². The van der Waals surface area contributed by atoms with Gasteiger partial charge in [-0.2, -0.15) is 0 Å². The van der Waals surface area contributed by atoms with Crippen LogP contribution >= 0.6 is 11.3 Å². The van der Waals surface area contributed by atoms with E-state index >= 15 is 0 Å². The topological polar surface area (TPSA) is 66.4 Å². The molecule has 1 aromatic heterocycles. The highest BCUT2D eigenvalue weighted by Crippen LogP contribution is 2.17. The Kier molecular flexibility index (Phi) is 4.93. The molecule has 0 bridgehead atoms. The molecule has 1 aromatic rings. The number of hydrogen-bond donors (Lipinski definition) is 2. The fourth-order valence-electron chi connectivity index (χ4n) is 1.06. The summed E-state index contributed by atoms with van der Waals surface area (Å²) in [6, 6.07) is 1.82. The normalized spacial score (nSPS) is 12.0. The first-order chi connectivity index (χ1) is 8.26. The minimum atomic E-state index is -3.32. The third kappa shape index (κ3) is 4.10. The van der Waals surface area contributed by atoms with E-state index in [2.05, 4.69) is 16.6 Å². The lowest BCUT2D eigenvalue weighted by Crippen LogP contribution is -2.38. The number of aliphatic hydroxyl groups excluding tert-OH is 1. The number of thiophene rings is 1. The molecule has 0 aliphatic carbocycles. The van der Waals surface area contributed by atoms with Crippen LogP contribution in [0, 0.1) is 11.8 Å². The second-order valence-corrected chi connectivity index (χ2v) is 8.21. The zero-order valence-electron chi connectivity index (χ0n) is 10.6. The van der Waals surface area contributed by atoms with Crippen molar-refractivity contribution in [2.75, 3.05) is 6.61 Å². The summed E-state index contributed by atoms with van der Waals surface area (Å²) in [7, 11) is -3.32. The number of nitrogens with one attached hydrogen (secondary N) is 1. The summed E-state index contributed by atoms with van der Waals surface area (Å²) in [5, 5.41) is 10.4. The van der Waals surface area contributed by atoms with Crippen LogP contribution in [0.3, 0.4) is 0 Å². The van der Waals surface area contributed by atoms with Gasteiger partial charge in [-0.25, -0.2) is 13.1 Å². The van der Waals surface area contributed by atoms with E-state index in [1.807, 2.05) is 11.4 Å². The van der Waals surface area contributed by atoms with Crippen molar-refractivity contribution in [3.8, 4) is 11.8 Å². The molecule has 0 fully saturated rings. The molecule has 1 heterocycles. The molecule has 0 unspecified atom stereocenters. The largest absolute Gasteiger partial charge is 0.384 e. The monoisotopic (exact) mass is 287 g/mol. The van der Waals surface area contributed by atoms with Crippen molar-refractivity contribution >= 4 is 21.4 Å². The molecule has 0 aliphatic heterocycles. The van der Waals surface area contributed by atoms with Gasteiger partial charge in [0.25, 0.3) is 0 Å². The second kappa shape index (κ2) is 5.85. The molecule has 0 spiro atoms. The van der Waals surface area contributed by atoms with Crippen molar-refractivity contribution in [1.82, 2.24) is 4.72 Å². The van der Waals surface area contributed by atoms with Crippen LogP contribution in [0.4, 0.5) is 0 Å². The maximum absolute atomic E-state index is 11.8. The molecule has 0 aromatic carbocycles. The maximum Gasteiger partial charge on any atom is 0.216 e. The Hall–Kier alpha value is -0.870. The molecule has 100 valence electrons. The lowest BCUT2D eigenvalue weighted by molar-refractivity contribution is 0.350. The molecule has 0 radical (unpaired) electrons. The minimum absolute atomic E-state index is 0.179. The summed E-state index contributed by atoms with van der Waals surface area (Å²) >= 11 is 1.44. The third-order valence-corrected chi connectivity index (χ3v) is 5.28. The van der Waals surface area contributed by atoms with Crippen molar-refractivity contribution in [3.63, 3.8) is 0 Å². The van der Waals surface area contributed by atoms with Crippen LogP contribution in [0.2, 0.25) is 0 Å². The SMILES string of the molecule is CC(C)(C)S(=O)(=O)NCc1cc(C#CCO)cs1. The van der Waals surface area contributed by atoms with E-state index in [1.165, 1.54) is 11.3 Å². The summed E-state index contributed by atoms with van der Waals surface area (Å²) < 4.78 is 25.4. The lowest BCUT2D eigenvalue weighted by Gasteiger charge is -2.19. The molecular weight excluding hydrogens is 270 g/mol. The maximum atomic E-state index is 11.8. The predicted molar refractivity (Wildman–Crippen MR) is 73.8 cm³/mol. The number of rotatable bonds is 3. The number of aliphatic hydroxyl groups is 1. The van der Waals surface area contributed by atoms with Gasteiger partial charge in [0.15, 0.2) is 0 Å². The van der Waals surface area contributed by atoms with Crippen LogP contribution in [0.5, 0.6) is 0 Å². The summed E-state index contributed by atoms with van der Waals surface area (Å²) in [5.74, 6) is 5.32. The van der Waals surface area contributed by atoms with Gasteiger partial charge in [0, 0.05) is 22.4 Å². The van der Waals surface area contributed by atoms with Gasteiger partial charge in [0.05, 0.1) is 4.75 Å². The molecule has 0 aliphatic rings. The lowest BCUT2D eigenvalue weighted by atomic mass is 10.3. The third-order valence-electron chi connectivity index (χ3n) is 2.21. The molecule has 0 saturated carbocycles. The number of hydrogen-bond acceptors (Lipinski definition) is 4. The Morgan fingerprint density at radius 2 is 2.11 bits per heavy atom. The minimum Gasteiger partial charge on any atom is -0.384 e. The molecule has 2 N–H and O–H groups in total. The van der Waals surface area contributed by atoms with E-state index < -0.39 is 14.8 Å². The van der Waals surface area contributed by atoms with Crippen LogP contribution in [0.15, 0.2) is 11.4 Å². The first-order valence-corrected chi connectivity index (χ1v) is 7.79. The zero-order valence-corrected chi connectivity index (χ0v) is 12.3. The first-order valence-electron chi connectivity index (χ1n) is 5.42. The molecule has 1 rings (SSSR count). The van der Waals surface area contributed by atoms with Crippen molar-refractivity contribution in [3.05, 3.63) is 21.9 Å². The highest BCUT2D eigenvalue weighted by atomic mass is 32.2. The molecular formula is C12H17NO3S2. The average Bonchev–Trinajstić information content (AvgIpc) is 2.70. The van der Waals surface area contributed by atoms with Gasteiger partial charge in [-0.3, -0.25) is 0 Å². The zero-order chi connectivity index (χ0) is 13.8. The molecule has 0 atom stereocenters. The van der Waals surface area contributed by atoms with Crippen LogP contribution in [-0.4, -0.2) is 24.9 Å². The van der Waals surface area contributed by atoms with Crippen LogP contribution in [-0.2, 0) is 16.6 Å². The van der Waals surface area contributed by atoms with Gasteiger partial charge in [-0.05, 0) is 26.8 Å². The fourth-order valence-corrected chi connectivity index (χ4v) is 2.69. The Balaban J connectivity index is 2.68. The predicted octanol–water partition coefficient (Wildman–Crippen LogP) is 1.31. The highest BCUT2D eigenvalue weighted by molar-refractivity contribution is 7.90. The smallest absolute Gasteiger partial charge is 0.216 e. The summed E-state index contributed by atoms with van der Waals surface area (Å²) in [6.45, 7) is 5.05. The fraction of sp³-hybridized carbons (Fsp3) is 0.500. The molecule has 0 amide bonds. The van der Waals surface area contributed by atoms with E-state index in [9.17, 15) is 8.42 Å². The first kappa shape index (κ1) is 15.2. The Morgan fingerprint density at radius 1 is 1.44 bits per heavy atom. The van der Waals surface area contributed by atoms with E-state index in [1.54, 1.807) is 20.8 Å². The number of sulfonamides is 1. The Labute approximate surface area is 112 Å². The highest BCUT2D eigenvalue weighted by Gasteiger charge is 2.28. The molecule has 0 saturated heterocycles. The van der Waals surface area contributed by atoms with Crippen LogP contribution in [0.25, 0.3) is 0 Å². The van der Waals surface area contributed by atoms with Gasteiger partial charge >= 0.3 is 0 Å². The second-order valence-electron chi connectivity index (χ2n) is 4.70. The van der Waals surface area contributed by atoms with Gasteiger partial charge in [0.2, 0.25) is 10.0 Å². The van der Waals surface area contributed by atoms with Gasteiger partial charge < -0.3 is 5.11 Å². The van der Waals surface area contributed by atoms with Gasteiger partial charge in [0.1, 0.15) is 6.61 Å². The van der Waals surface area contributed by atoms with Crippen molar-refractivity contribution in [1.29, 1.82) is 0 Å². The van der Waals surface area contributed by atoms with E-state index in [0.29, 0.717) is 0 Å². The summed E-state index contributed by atoms with van der Waals surface area (Å²) in [5.41, 5.74) is 0.791. The summed E-state index contributed by atoms with van der Waals surface area (Å²) in [4.78, 5) is 0.894. The molecule has 6 heteroatoms. The van der Waals surface area contributed by atoms with Crippen molar-refractivity contribution in [2.24, 2.45) is 0 Å². The van der Waals surface area contributed by atoms with E-state index in [0.717, 1.165) is 10.4 Å². The van der Waals surface area contributed by atoms with E-state index in [-0.39, 0.29) is 13.2 Å².